The van der Waals surface area contributed by atoms with Gasteiger partial charge in [0.25, 0.3) is 5.91 Å². The fourth-order valence-electron chi connectivity index (χ4n) is 3.00. The van der Waals surface area contributed by atoms with Gasteiger partial charge in [-0.25, -0.2) is 4.39 Å². The van der Waals surface area contributed by atoms with Crippen LogP contribution in [0.25, 0.3) is 0 Å². The second-order valence-electron chi connectivity index (χ2n) is 6.73. The molecule has 1 aliphatic carbocycles. The summed E-state index contributed by atoms with van der Waals surface area (Å²) in [6, 6.07) is 12.8. The molecule has 0 atom stereocenters. The Balaban J connectivity index is 1.64. The fraction of sp³-hybridized carbons (Fsp3) is 0.333. The van der Waals surface area contributed by atoms with Crippen LogP contribution in [-0.4, -0.2) is 18.4 Å². The minimum Gasteiger partial charge on any atom is -0.355 e. The second-order valence-corrected chi connectivity index (χ2v) is 6.73. The number of halogens is 1. The SMILES string of the molecule is CCCCNC(=O)C1(c2ccc(NC(=O)c3ccc(F)cc3)cc2)CC1. The van der Waals surface area contributed by atoms with Crippen LogP contribution < -0.4 is 10.6 Å². The molecule has 26 heavy (non-hydrogen) atoms. The van der Waals surface area contributed by atoms with Crippen LogP contribution in [0.1, 0.15) is 48.5 Å². The summed E-state index contributed by atoms with van der Waals surface area (Å²) in [5, 5.41) is 5.80. The van der Waals surface area contributed by atoms with Gasteiger partial charge in [-0.1, -0.05) is 25.5 Å². The van der Waals surface area contributed by atoms with Crippen molar-refractivity contribution >= 4 is 17.5 Å². The highest BCUT2D eigenvalue weighted by Crippen LogP contribution is 2.48. The predicted molar refractivity (Wildman–Crippen MR) is 99.6 cm³/mol. The van der Waals surface area contributed by atoms with Crippen molar-refractivity contribution in [2.45, 2.75) is 38.0 Å². The maximum atomic E-state index is 12.9. The van der Waals surface area contributed by atoms with Crippen LogP contribution in [-0.2, 0) is 10.2 Å². The van der Waals surface area contributed by atoms with E-state index in [4.69, 9.17) is 0 Å². The van der Waals surface area contributed by atoms with E-state index in [2.05, 4.69) is 17.6 Å². The van der Waals surface area contributed by atoms with Crippen LogP contribution in [0.4, 0.5) is 10.1 Å². The molecule has 0 saturated heterocycles. The molecule has 0 aliphatic heterocycles. The van der Waals surface area contributed by atoms with E-state index >= 15 is 0 Å². The van der Waals surface area contributed by atoms with Crippen LogP contribution in [0, 0.1) is 5.82 Å². The average molecular weight is 354 g/mol. The van der Waals surface area contributed by atoms with Gasteiger partial charge in [0.2, 0.25) is 5.91 Å². The number of carbonyl (C=O) groups is 2. The normalized spacial score (nSPS) is 14.5. The summed E-state index contributed by atoms with van der Waals surface area (Å²) in [4.78, 5) is 24.6. The first-order valence-electron chi connectivity index (χ1n) is 9.01. The summed E-state index contributed by atoms with van der Waals surface area (Å²) < 4.78 is 12.9. The summed E-state index contributed by atoms with van der Waals surface area (Å²) in [5.74, 6) is -0.580. The fourth-order valence-corrected chi connectivity index (χ4v) is 3.00. The van der Waals surface area contributed by atoms with Crippen molar-refractivity contribution < 1.29 is 14.0 Å². The van der Waals surface area contributed by atoms with Crippen LogP contribution >= 0.6 is 0 Å². The molecule has 3 rings (SSSR count). The van der Waals surface area contributed by atoms with Gasteiger partial charge in [0.15, 0.2) is 0 Å². The quantitative estimate of drug-likeness (QED) is 0.738. The summed E-state index contributed by atoms with van der Waals surface area (Å²) >= 11 is 0. The number of hydrogen-bond donors (Lipinski definition) is 2. The molecule has 0 bridgehead atoms. The van der Waals surface area contributed by atoms with Gasteiger partial charge in [-0.2, -0.15) is 0 Å². The molecule has 1 fully saturated rings. The average Bonchev–Trinajstić information content (AvgIpc) is 3.45. The Kier molecular flexibility index (Phi) is 5.35. The van der Waals surface area contributed by atoms with E-state index in [0.29, 0.717) is 17.8 Å². The van der Waals surface area contributed by atoms with Crippen molar-refractivity contribution in [3.8, 4) is 0 Å². The van der Waals surface area contributed by atoms with Crippen molar-refractivity contribution in [2.75, 3.05) is 11.9 Å². The smallest absolute Gasteiger partial charge is 0.255 e. The highest BCUT2D eigenvalue weighted by molar-refractivity contribution is 6.04. The molecule has 2 N–H and O–H groups in total. The molecule has 1 saturated carbocycles. The Morgan fingerprint density at radius 3 is 2.27 bits per heavy atom. The van der Waals surface area contributed by atoms with Gasteiger partial charge in [-0.05, 0) is 61.2 Å². The molecule has 1 aliphatic rings. The molecule has 2 amide bonds. The Labute approximate surface area is 152 Å². The third-order valence-electron chi connectivity index (χ3n) is 4.80. The van der Waals surface area contributed by atoms with E-state index in [1.54, 1.807) is 12.1 Å². The molecule has 4 nitrogen and oxygen atoms in total. The summed E-state index contributed by atoms with van der Waals surface area (Å²) in [6.45, 7) is 2.81. The Morgan fingerprint density at radius 2 is 1.69 bits per heavy atom. The Bertz CT molecular complexity index is 781. The lowest BCUT2D eigenvalue weighted by Crippen LogP contribution is -2.35. The highest BCUT2D eigenvalue weighted by Gasteiger charge is 2.50. The number of anilines is 1. The molecular formula is C21H23FN2O2. The van der Waals surface area contributed by atoms with Gasteiger partial charge < -0.3 is 10.6 Å². The topological polar surface area (TPSA) is 58.2 Å². The Hall–Kier alpha value is -2.69. The monoisotopic (exact) mass is 354 g/mol. The maximum absolute atomic E-state index is 12.9. The van der Waals surface area contributed by atoms with Crippen molar-refractivity contribution in [3.05, 3.63) is 65.5 Å². The molecule has 0 spiro atoms. The lowest BCUT2D eigenvalue weighted by molar-refractivity contribution is -0.123. The van der Waals surface area contributed by atoms with E-state index in [1.807, 2.05) is 12.1 Å². The number of hydrogen-bond acceptors (Lipinski definition) is 2. The molecule has 0 radical (unpaired) electrons. The first-order chi connectivity index (χ1) is 12.5. The first kappa shape index (κ1) is 18.1. The summed E-state index contributed by atoms with van der Waals surface area (Å²) in [5.41, 5.74) is 1.61. The predicted octanol–water partition coefficient (Wildman–Crippen LogP) is 4.03. The third-order valence-corrected chi connectivity index (χ3v) is 4.80. The van der Waals surface area contributed by atoms with Gasteiger partial charge in [0.05, 0.1) is 5.41 Å². The van der Waals surface area contributed by atoms with Crippen LogP contribution in [0.5, 0.6) is 0 Å². The van der Waals surface area contributed by atoms with Crippen LogP contribution in [0.2, 0.25) is 0 Å². The van der Waals surface area contributed by atoms with E-state index in [1.165, 1.54) is 24.3 Å². The lowest BCUT2D eigenvalue weighted by atomic mass is 9.94. The van der Waals surface area contributed by atoms with Crippen molar-refractivity contribution in [1.29, 1.82) is 0 Å². The zero-order chi connectivity index (χ0) is 18.6. The summed E-state index contributed by atoms with van der Waals surface area (Å²) in [6.07, 6.45) is 3.74. The lowest BCUT2D eigenvalue weighted by Gasteiger charge is -2.16. The third kappa shape index (κ3) is 3.93. The molecule has 136 valence electrons. The molecule has 2 aromatic rings. The van der Waals surface area contributed by atoms with Crippen LogP contribution in [0.3, 0.4) is 0 Å². The molecule has 0 aromatic heterocycles. The number of rotatable bonds is 7. The number of nitrogens with one attached hydrogen (secondary N) is 2. The van der Waals surface area contributed by atoms with Gasteiger partial charge >= 0.3 is 0 Å². The number of amides is 2. The van der Waals surface area contributed by atoms with Gasteiger partial charge in [-0.15, -0.1) is 0 Å². The van der Waals surface area contributed by atoms with E-state index < -0.39 is 5.41 Å². The van der Waals surface area contributed by atoms with Gasteiger partial charge in [-0.3, -0.25) is 9.59 Å². The van der Waals surface area contributed by atoms with Gasteiger partial charge in [0.1, 0.15) is 5.82 Å². The molecule has 0 heterocycles. The first-order valence-corrected chi connectivity index (χ1v) is 9.01. The zero-order valence-corrected chi connectivity index (χ0v) is 14.8. The second kappa shape index (κ2) is 7.68. The number of benzene rings is 2. The maximum Gasteiger partial charge on any atom is 0.255 e. The minimum atomic E-state index is -0.409. The number of carbonyl (C=O) groups excluding carboxylic acids is 2. The van der Waals surface area contributed by atoms with E-state index in [0.717, 1.165) is 31.2 Å². The Morgan fingerprint density at radius 1 is 1.04 bits per heavy atom. The molecule has 0 unspecified atom stereocenters. The van der Waals surface area contributed by atoms with E-state index in [9.17, 15) is 14.0 Å². The van der Waals surface area contributed by atoms with Crippen molar-refractivity contribution in [3.63, 3.8) is 0 Å². The van der Waals surface area contributed by atoms with E-state index in [-0.39, 0.29) is 17.6 Å². The zero-order valence-electron chi connectivity index (χ0n) is 14.8. The van der Waals surface area contributed by atoms with Crippen molar-refractivity contribution in [2.24, 2.45) is 0 Å². The number of unbranched alkanes of at least 4 members (excludes halogenated alkanes) is 1. The largest absolute Gasteiger partial charge is 0.355 e. The highest BCUT2D eigenvalue weighted by atomic mass is 19.1. The molecule has 2 aromatic carbocycles. The standard InChI is InChI=1S/C21H23FN2O2/c1-2-3-14-23-20(26)21(12-13-21)16-6-10-18(11-7-16)24-19(25)15-4-8-17(22)9-5-15/h4-11H,2-3,12-14H2,1H3,(H,23,26)(H,24,25). The molecular weight excluding hydrogens is 331 g/mol. The van der Waals surface area contributed by atoms with Crippen molar-refractivity contribution in [1.82, 2.24) is 5.32 Å². The summed E-state index contributed by atoms with van der Waals surface area (Å²) in [7, 11) is 0. The molecule has 5 heteroatoms. The van der Waals surface area contributed by atoms with Gasteiger partial charge in [0, 0.05) is 17.8 Å². The van der Waals surface area contributed by atoms with Crippen LogP contribution in [0.15, 0.2) is 48.5 Å². The minimum absolute atomic E-state index is 0.0917.